The second kappa shape index (κ2) is 5.04. The van der Waals surface area contributed by atoms with E-state index in [-0.39, 0.29) is 17.6 Å². The van der Waals surface area contributed by atoms with E-state index in [0.717, 1.165) is 17.7 Å². The van der Waals surface area contributed by atoms with E-state index in [2.05, 4.69) is 0 Å². The average molecular weight is 269 g/mol. The SMILES string of the molecule is O=C(CC1CCC1)c1cccc(N2C(=O)C=CC2=O)c1. The van der Waals surface area contributed by atoms with Crippen LogP contribution in [0.3, 0.4) is 0 Å². The van der Waals surface area contributed by atoms with Gasteiger partial charge in [0.15, 0.2) is 5.78 Å². The van der Waals surface area contributed by atoms with E-state index in [1.54, 1.807) is 24.3 Å². The lowest BCUT2D eigenvalue weighted by molar-refractivity contribution is -0.119. The first-order chi connectivity index (χ1) is 9.65. The molecule has 4 heteroatoms. The van der Waals surface area contributed by atoms with Gasteiger partial charge in [-0.05, 0) is 18.1 Å². The van der Waals surface area contributed by atoms with Gasteiger partial charge >= 0.3 is 0 Å². The van der Waals surface area contributed by atoms with E-state index in [9.17, 15) is 14.4 Å². The van der Waals surface area contributed by atoms with Crippen molar-refractivity contribution in [2.45, 2.75) is 25.7 Å². The van der Waals surface area contributed by atoms with Crippen molar-refractivity contribution in [3.63, 3.8) is 0 Å². The van der Waals surface area contributed by atoms with Crippen LogP contribution in [0.5, 0.6) is 0 Å². The lowest BCUT2D eigenvalue weighted by Crippen LogP contribution is -2.29. The van der Waals surface area contributed by atoms with Crippen molar-refractivity contribution in [2.24, 2.45) is 5.92 Å². The topological polar surface area (TPSA) is 54.5 Å². The number of rotatable bonds is 4. The van der Waals surface area contributed by atoms with Gasteiger partial charge in [0.1, 0.15) is 0 Å². The summed E-state index contributed by atoms with van der Waals surface area (Å²) in [6, 6.07) is 6.75. The Morgan fingerprint density at radius 2 is 1.85 bits per heavy atom. The fourth-order valence-electron chi connectivity index (χ4n) is 2.55. The van der Waals surface area contributed by atoms with Crippen LogP contribution in [-0.4, -0.2) is 17.6 Å². The number of anilines is 1. The van der Waals surface area contributed by atoms with Gasteiger partial charge in [0.2, 0.25) is 0 Å². The fourth-order valence-corrected chi connectivity index (χ4v) is 2.55. The van der Waals surface area contributed by atoms with Crippen LogP contribution >= 0.6 is 0 Å². The standard InChI is InChI=1S/C16H15NO3/c18-14(9-11-3-1-4-11)12-5-2-6-13(10-12)17-15(19)7-8-16(17)20/h2,5-8,10-11H,1,3-4,9H2. The molecule has 102 valence electrons. The molecule has 0 radical (unpaired) electrons. The Morgan fingerprint density at radius 3 is 2.45 bits per heavy atom. The number of hydrogen-bond acceptors (Lipinski definition) is 3. The zero-order valence-electron chi connectivity index (χ0n) is 11.0. The van der Waals surface area contributed by atoms with Crippen LogP contribution in [0.15, 0.2) is 36.4 Å². The maximum Gasteiger partial charge on any atom is 0.258 e. The molecule has 2 amide bonds. The summed E-state index contributed by atoms with van der Waals surface area (Å²) in [6.45, 7) is 0. The van der Waals surface area contributed by atoms with Gasteiger partial charge in [-0.25, -0.2) is 4.90 Å². The fraction of sp³-hybridized carbons (Fsp3) is 0.312. The van der Waals surface area contributed by atoms with Crippen LogP contribution < -0.4 is 4.90 Å². The van der Waals surface area contributed by atoms with E-state index >= 15 is 0 Å². The number of Topliss-reactive ketones (excluding diaryl/α,β-unsaturated/α-hetero) is 1. The quantitative estimate of drug-likeness (QED) is 0.623. The molecule has 1 heterocycles. The summed E-state index contributed by atoms with van der Waals surface area (Å²) >= 11 is 0. The molecule has 1 aromatic carbocycles. The molecule has 0 N–H and O–H groups in total. The van der Waals surface area contributed by atoms with Gasteiger partial charge < -0.3 is 0 Å². The number of carbonyl (C=O) groups excluding carboxylic acids is 3. The minimum Gasteiger partial charge on any atom is -0.294 e. The Bertz CT molecular complexity index is 596. The molecule has 4 nitrogen and oxygen atoms in total. The van der Waals surface area contributed by atoms with E-state index in [4.69, 9.17) is 0 Å². The summed E-state index contributed by atoms with van der Waals surface area (Å²) < 4.78 is 0. The zero-order chi connectivity index (χ0) is 14.1. The number of carbonyl (C=O) groups is 3. The van der Waals surface area contributed by atoms with Gasteiger partial charge in [-0.3, -0.25) is 14.4 Å². The highest BCUT2D eigenvalue weighted by Gasteiger charge is 2.26. The van der Waals surface area contributed by atoms with Gasteiger partial charge in [0.05, 0.1) is 5.69 Å². The van der Waals surface area contributed by atoms with Gasteiger partial charge in [-0.15, -0.1) is 0 Å². The first kappa shape index (κ1) is 12.8. The third-order valence-corrected chi connectivity index (χ3v) is 3.93. The van der Waals surface area contributed by atoms with Crippen molar-refractivity contribution in [1.29, 1.82) is 0 Å². The van der Waals surface area contributed by atoms with Gasteiger partial charge in [-0.1, -0.05) is 31.4 Å². The molecule has 0 atom stereocenters. The van der Waals surface area contributed by atoms with Gasteiger partial charge in [-0.2, -0.15) is 0 Å². The summed E-state index contributed by atoms with van der Waals surface area (Å²) in [7, 11) is 0. The summed E-state index contributed by atoms with van der Waals surface area (Å²) in [5, 5.41) is 0. The number of imide groups is 1. The summed E-state index contributed by atoms with van der Waals surface area (Å²) in [5.74, 6) is -0.135. The van der Waals surface area contributed by atoms with Crippen LogP contribution in [0.1, 0.15) is 36.0 Å². The summed E-state index contributed by atoms with van der Waals surface area (Å²) in [4.78, 5) is 36.5. The number of benzene rings is 1. The molecule has 0 spiro atoms. The van der Waals surface area contributed by atoms with Crippen LogP contribution in [0.25, 0.3) is 0 Å². The van der Waals surface area contributed by atoms with Crippen LogP contribution in [0.2, 0.25) is 0 Å². The van der Waals surface area contributed by atoms with Crippen LogP contribution in [-0.2, 0) is 9.59 Å². The minimum atomic E-state index is -0.362. The van der Waals surface area contributed by atoms with Crippen molar-refractivity contribution >= 4 is 23.3 Å². The number of hydrogen-bond donors (Lipinski definition) is 0. The van der Waals surface area contributed by atoms with Crippen LogP contribution in [0, 0.1) is 5.92 Å². The highest BCUT2D eigenvalue weighted by atomic mass is 16.2. The third kappa shape index (κ3) is 2.29. The molecule has 0 saturated heterocycles. The van der Waals surface area contributed by atoms with Crippen molar-refractivity contribution < 1.29 is 14.4 Å². The number of nitrogens with zero attached hydrogens (tertiary/aromatic N) is 1. The Hall–Kier alpha value is -2.23. The number of amides is 2. The van der Waals surface area contributed by atoms with E-state index < -0.39 is 0 Å². The molecule has 0 bridgehead atoms. The van der Waals surface area contributed by atoms with Gasteiger partial charge in [0, 0.05) is 24.1 Å². The van der Waals surface area contributed by atoms with E-state index in [1.165, 1.54) is 18.6 Å². The molecule has 0 unspecified atom stereocenters. The molecule has 0 aromatic heterocycles. The number of ketones is 1. The van der Waals surface area contributed by atoms with Crippen molar-refractivity contribution in [3.8, 4) is 0 Å². The molecular weight excluding hydrogens is 254 g/mol. The Labute approximate surface area is 117 Å². The average Bonchev–Trinajstić information content (AvgIpc) is 2.73. The molecule has 1 saturated carbocycles. The molecule has 1 aliphatic carbocycles. The zero-order valence-corrected chi connectivity index (χ0v) is 11.0. The third-order valence-electron chi connectivity index (χ3n) is 3.93. The molecule has 1 aliphatic heterocycles. The maximum atomic E-state index is 12.2. The first-order valence-electron chi connectivity index (χ1n) is 6.84. The Kier molecular flexibility index (Phi) is 3.22. The molecule has 2 aliphatic rings. The Morgan fingerprint density at radius 1 is 1.15 bits per heavy atom. The molecular formula is C16H15NO3. The normalized spacial score (nSPS) is 18.5. The summed E-state index contributed by atoms with van der Waals surface area (Å²) in [5.41, 5.74) is 1.03. The van der Waals surface area contributed by atoms with E-state index in [0.29, 0.717) is 23.6 Å². The predicted molar refractivity (Wildman–Crippen MR) is 74.4 cm³/mol. The lowest BCUT2D eigenvalue weighted by atomic mass is 9.81. The van der Waals surface area contributed by atoms with E-state index in [1.807, 2.05) is 0 Å². The molecule has 3 rings (SSSR count). The van der Waals surface area contributed by atoms with Crippen molar-refractivity contribution in [2.75, 3.05) is 4.90 Å². The predicted octanol–water partition coefficient (Wildman–Crippen LogP) is 2.49. The molecule has 1 fully saturated rings. The molecule has 1 aromatic rings. The monoisotopic (exact) mass is 269 g/mol. The second-order valence-corrected chi connectivity index (χ2v) is 5.32. The van der Waals surface area contributed by atoms with Gasteiger partial charge in [0.25, 0.3) is 11.8 Å². The second-order valence-electron chi connectivity index (χ2n) is 5.32. The smallest absolute Gasteiger partial charge is 0.258 e. The lowest BCUT2D eigenvalue weighted by Gasteiger charge is -2.24. The maximum absolute atomic E-state index is 12.2. The van der Waals surface area contributed by atoms with Crippen LogP contribution in [0.4, 0.5) is 5.69 Å². The highest BCUT2D eigenvalue weighted by molar-refractivity contribution is 6.28. The first-order valence-corrected chi connectivity index (χ1v) is 6.84. The molecule has 20 heavy (non-hydrogen) atoms. The minimum absolute atomic E-state index is 0.0867. The Balaban J connectivity index is 1.80. The largest absolute Gasteiger partial charge is 0.294 e. The van der Waals surface area contributed by atoms with Crippen molar-refractivity contribution in [3.05, 3.63) is 42.0 Å². The highest BCUT2D eigenvalue weighted by Crippen LogP contribution is 2.31. The summed E-state index contributed by atoms with van der Waals surface area (Å²) in [6.07, 6.45) is 6.50. The van der Waals surface area contributed by atoms with Crippen molar-refractivity contribution in [1.82, 2.24) is 0 Å².